The average molecular weight is 361 g/mol. The van der Waals surface area contributed by atoms with E-state index in [2.05, 4.69) is 5.32 Å². The Balaban J connectivity index is 1.48. The van der Waals surface area contributed by atoms with Crippen LogP contribution in [0.4, 0.5) is 0 Å². The smallest absolute Gasteiger partial charge is 0.251 e. The Morgan fingerprint density at radius 2 is 1.67 bits per heavy atom. The van der Waals surface area contributed by atoms with Gasteiger partial charge in [-0.2, -0.15) is 0 Å². The molecule has 0 spiro atoms. The maximum atomic E-state index is 12.3. The molecular formula is C23H23NO3. The second kappa shape index (κ2) is 9.01. The minimum atomic E-state index is -0.780. The molecule has 0 aliphatic carbocycles. The van der Waals surface area contributed by atoms with E-state index in [1.165, 1.54) is 0 Å². The summed E-state index contributed by atoms with van der Waals surface area (Å²) in [5.74, 6) is 0.487. The molecule has 4 nitrogen and oxygen atoms in total. The number of hydrogen-bond donors (Lipinski definition) is 2. The molecule has 0 saturated heterocycles. The van der Waals surface area contributed by atoms with Crippen molar-refractivity contribution in [2.75, 3.05) is 13.2 Å². The number of nitrogens with one attached hydrogen (secondary N) is 1. The van der Waals surface area contributed by atoms with Crippen LogP contribution in [0.1, 0.15) is 15.9 Å². The Morgan fingerprint density at radius 1 is 0.963 bits per heavy atom. The van der Waals surface area contributed by atoms with Gasteiger partial charge in [0.05, 0.1) is 0 Å². The van der Waals surface area contributed by atoms with Gasteiger partial charge in [-0.1, -0.05) is 54.6 Å². The van der Waals surface area contributed by atoms with Gasteiger partial charge in [-0.05, 0) is 47.9 Å². The van der Waals surface area contributed by atoms with Gasteiger partial charge in [0.2, 0.25) is 0 Å². The van der Waals surface area contributed by atoms with Gasteiger partial charge in [-0.25, -0.2) is 0 Å². The summed E-state index contributed by atoms with van der Waals surface area (Å²) in [6.07, 6.45) is -0.780. The molecule has 0 heterocycles. The Labute approximate surface area is 159 Å². The van der Waals surface area contributed by atoms with Crippen LogP contribution in [-0.4, -0.2) is 30.3 Å². The van der Waals surface area contributed by atoms with Crippen molar-refractivity contribution >= 4 is 5.91 Å². The van der Waals surface area contributed by atoms with Gasteiger partial charge < -0.3 is 15.2 Å². The van der Waals surface area contributed by atoms with E-state index >= 15 is 0 Å². The highest BCUT2D eigenvalue weighted by molar-refractivity contribution is 5.94. The van der Waals surface area contributed by atoms with Crippen molar-refractivity contribution in [3.05, 3.63) is 90.0 Å². The first-order valence-electron chi connectivity index (χ1n) is 8.93. The van der Waals surface area contributed by atoms with Crippen molar-refractivity contribution < 1.29 is 14.6 Å². The average Bonchev–Trinajstić information content (AvgIpc) is 2.71. The number of carbonyl (C=O) groups excluding carboxylic acids is 1. The molecule has 0 saturated carbocycles. The molecule has 4 heteroatoms. The minimum absolute atomic E-state index is 0.122. The van der Waals surface area contributed by atoms with Gasteiger partial charge >= 0.3 is 0 Å². The lowest BCUT2D eigenvalue weighted by molar-refractivity contribution is 0.0843. The Bertz CT molecular complexity index is 876. The molecule has 0 aliphatic heterocycles. The van der Waals surface area contributed by atoms with E-state index in [9.17, 15) is 9.90 Å². The third-order valence-corrected chi connectivity index (χ3v) is 4.18. The number of benzene rings is 3. The van der Waals surface area contributed by atoms with Crippen molar-refractivity contribution in [1.82, 2.24) is 5.32 Å². The van der Waals surface area contributed by atoms with Crippen molar-refractivity contribution in [2.24, 2.45) is 0 Å². The van der Waals surface area contributed by atoms with Gasteiger partial charge in [0.25, 0.3) is 5.91 Å². The quantitative estimate of drug-likeness (QED) is 0.672. The fourth-order valence-electron chi connectivity index (χ4n) is 2.71. The van der Waals surface area contributed by atoms with E-state index < -0.39 is 6.10 Å². The second-order valence-electron chi connectivity index (χ2n) is 6.43. The van der Waals surface area contributed by atoms with Crippen LogP contribution in [0.3, 0.4) is 0 Å². The number of ether oxygens (including phenoxy) is 1. The minimum Gasteiger partial charge on any atom is -0.491 e. The number of amides is 1. The van der Waals surface area contributed by atoms with Crippen molar-refractivity contribution in [1.29, 1.82) is 0 Å². The summed E-state index contributed by atoms with van der Waals surface area (Å²) >= 11 is 0. The fourth-order valence-corrected chi connectivity index (χ4v) is 2.71. The van der Waals surface area contributed by atoms with Gasteiger partial charge in [0.1, 0.15) is 18.5 Å². The Hall–Kier alpha value is -3.11. The van der Waals surface area contributed by atoms with Crippen molar-refractivity contribution in [3.63, 3.8) is 0 Å². The van der Waals surface area contributed by atoms with Crippen LogP contribution in [-0.2, 0) is 0 Å². The zero-order chi connectivity index (χ0) is 19.1. The molecule has 0 bridgehead atoms. The monoisotopic (exact) mass is 361 g/mol. The van der Waals surface area contributed by atoms with Crippen LogP contribution in [0, 0.1) is 6.92 Å². The Kier molecular flexibility index (Phi) is 6.23. The Morgan fingerprint density at radius 3 is 2.37 bits per heavy atom. The molecule has 2 N–H and O–H groups in total. The molecule has 1 amide bonds. The SMILES string of the molecule is Cc1cccc(OCC(O)CNC(=O)c2ccc(-c3ccccc3)cc2)c1. The van der Waals surface area contributed by atoms with Gasteiger partial charge in [0, 0.05) is 12.1 Å². The first-order valence-corrected chi connectivity index (χ1v) is 8.93. The number of aliphatic hydroxyl groups is 1. The molecule has 3 rings (SSSR count). The number of carbonyl (C=O) groups is 1. The number of rotatable bonds is 7. The summed E-state index contributed by atoms with van der Waals surface area (Å²) in [7, 11) is 0. The predicted octanol–water partition coefficient (Wildman–Crippen LogP) is 3.83. The molecule has 27 heavy (non-hydrogen) atoms. The summed E-state index contributed by atoms with van der Waals surface area (Å²) in [5.41, 5.74) is 3.81. The summed E-state index contributed by atoms with van der Waals surface area (Å²) in [5, 5.41) is 12.8. The number of aryl methyl sites for hydroxylation is 1. The molecule has 0 aliphatic rings. The largest absolute Gasteiger partial charge is 0.491 e. The molecule has 3 aromatic carbocycles. The normalized spacial score (nSPS) is 11.6. The molecule has 3 aromatic rings. The molecular weight excluding hydrogens is 338 g/mol. The van der Waals surface area contributed by atoms with Crippen LogP contribution in [0.5, 0.6) is 5.75 Å². The lowest BCUT2D eigenvalue weighted by Gasteiger charge is -2.14. The zero-order valence-electron chi connectivity index (χ0n) is 15.3. The maximum Gasteiger partial charge on any atom is 0.251 e. The van der Waals surface area contributed by atoms with Crippen LogP contribution >= 0.6 is 0 Å². The highest BCUT2D eigenvalue weighted by atomic mass is 16.5. The summed E-state index contributed by atoms with van der Waals surface area (Å²) in [4.78, 5) is 12.3. The van der Waals surface area contributed by atoms with E-state index in [1.54, 1.807) is 12.1 Å². The lowest BCUT2D eigenvalue weighted by atomic mass is 10.0. The van der Waals surface area contributed by atoms with Gasteiger partial charge in [-0.15, -0.1) is 0 Å². The van der Waals surface area contributed by atoms with E-state index in [1.807, 2.05) is 73.7 Å². The highest BCUT2D eigenvalue weighted by Crippen LogP contribution is 2.19. The van der Waals surface area contributed by atoms with Crippen LogP contribution in [0.15, 0.2) is 78.9 Å². The van der Waals surface area contributed by atoms with Gasteiger partial charge in [-0.3, -0.25) is 4.79 Å². The standard InChI is InChI=1S/C23H23NO3/c1-17-6-5-9-22(14-17)27-16-21(25)15-24-23(26)20-12-10-19(11-13-20)18-7-3-2-4-8-18/h2-14,21,25H,15-16H2,1H3,(H,24,26). The molecule has 0 fully saturated rings. The summed E-state index contributed by atoms with van der Waals surface area (Å²) in [6, 6.07) is 25.0. The van der Waals surface area contributed by atoms with Crippen LogP contribution in [0.2, 0.25) is 0 Å². The fraction of sp³-hybridized carbons (Fsp3) is 0.174. The van der Waals surface area contributed by atoms with E-state index in [0.717, 1.165) is 16.7 Å². The first kappa shape index (κ1) is 18.7. The van der Waals surface area contributed by atoms with E-state index in [4.69, 9.17) is 4.74 Å². The molecule has 1 unspecified atom stereocenters. The van der Waals surface area contributed by atoms with E-state index in [-0.39, 0.29) is 19.1 Å². The van der Waals surface area contributed by atoms with Crippen LogP contribution < -0.4 is 10.1 Å². The predicted molar refractivity (Wildman–Crippen MR) is 107 cm³/mol. The van der Waals surface area contributed by atoms with Gasteiger partial charge in [0.15, 0.2) is 0 Å². The van der Waals surface area contributed by atoms with Crippen molar-refractivity contribution in [3.8, 4) is 16.9 Å². The number of hydrogen-bond acceptors (Lipinski definition) is 3. The van der Waals surface area contributed by atoms with Crippen molar-refractivity contribution in [2.45, 2.75) is 13.0 Å². The second-order valence-corrected chi connectivity index (χ2v) is 6.43. The molecule has 0 radical (unpaired) electrons. The molecule has 0 aromatic heterocycles. The zero-order valence-corrected chi connectivity index (χ0v) is 15.3. The number of aliphatic hydroxyl groups excluding tert-OH is 1. The third-order valence-electron chi connectivity index (χ3n) is 4.18. The summed E-state index contributed by atoms with van der Waals surface area (Å²) in [6.45, 7) is 2.23. The van der Waals surface area contributed by atoms with Crippen LogP contribution in [0.25, 0.3) is 11.1 Å². The third kappa shape index (κ3) is 5.43. The molecule has 138 valence electrons. The lowest BCUT2D eigenvalue weighted by Crippen LogP contribution is -2.35. The topological polar surface area (TPSA) is 58.6 Å². The highest BCUT2D eigenvalue weighted by Gasteiger charge is 2.10. The first-order chi connectivity index (χ1) is 13.1. The van der Waals surface area contributed by atoms with E-state index in [0.29, 0.717) is 11.3 Å². The maximum absolute atomic E-state index is 12.3. The molecule has 1 atom stereocenters. The summed E-state index contributed by atoms with van der Waals surface area (Å²) < 4.78 is 5.55.